The predicted molar refractivity (Wildman–Crippen MR) is 225 cm³/mol. The molecule has 0 saturated heterocycles. The van der Waals surface area contributed by atoms with Gasteiger partial charge in [0, 0.05) is 49.6 Å². The SMILES string of the molecule is [2H]c1c([2H])c([2H])c2c(oc3c(-c4ccc5c(c4)C(C)(C)c4ccc6ncsc6c4-5)c([2H])c([2H])c([2H])c32)c1-c1cccc(-c2nc(-c3ccccc3)nc(-c3ccccc3)n2)c1. The molecule has 0 atom stereocenters. The van der Waals surface area contributed by atoms with Crippen molar-refractivity contribution in [3.63, 3.8) is 0 Å². The molecule has 3 aromatic heterocycles. The molecule has 0 unspecified atom stereocenters. The standard InChI is InChI=1S/C49H32N4OS/c1-49(2)39-24-25-41-45(55-28-50-41)42(39)38-23-22-32(27-40(38)49)35-19-11-21-37-36-20-10-18-34(43(36)54-44(35)37)31-16-9-17-33(26-31)48-52-46(29-12-5-3-6-13-29)51-47(53-48)30-14-7-4-8-15-30/h3-28H,1-2H3/i10D,11D,18D,19D,20D,21D. The molecule has 0 spiro atoms. The van der Waals surface area contributed by atoms with Crippen molar-refractivity contribution in [2.24, 2.45) is 0 Å². The van der Waals surface area contributed by atoms with Crippen LogP contribution >= 0.6 is 11.3 Å². The number of furan rings is 1. The lowest BCUT2D eigenvalue weighted by molar-refractivity contribution is 0.660. The van der Waals surface area contributed by atoms with Gasteiger partial charge >= 0.3 is 0 Å². The third kappa shape index (κ3) is 4.99. The Kier molecular flexibility index (Phi) is 5.75. The first-order valence-electron chi connectivity index (χ1n) is 21.0. The van der Waals surface area contributed by atoms with Crippen molar-refractivity contribution >= 4 is 43.5 Å². The smallest absolute Gasteiger partial charge is 0.164 e. The maximum atomic E-state index is 9.26. The molecule has 0 bridgehead atoms. The van der Waals surface area contributed by atoms with E-state index in [2.05, 4.69) is 31.0 Å². The monoisotopic (exact) mass is 730 g/mol. The summed E-state index contributed by atoms with van der Waals surface area (Å²) in [6.07, 6.45) is 0. The summed E-state index contributed by atoms with van der Waals surface area (Å²) in [7, 11) is 0. The van der Waals surface area contributed by atoms with Gasteiger partial charge in [0.25, 0.3) is 0 Å². The molecule has 10 aromatic rings. The summed E-state index contributed by atoms with van der Waals surface area (Å²) >= 11 is 1.61. The van der Waals surface area contributed by atoms with Crippen molar-refractivity contribution in [2.75, 3.05) is 0 Å². The highest BCUT2D eigenvalue weighted by Crippen LogP contribution is 2.53. The largest absolute Gasteiger partial charge is 0.455 e. The van der Waals surface area contributed by atoms with Gasteiger partial charge < -0.3 is 4.42 Å². The van der Waals surface area contributed by atoms with Crippen molar-refractivity contribution in [2.45, 2.75) is 19.3 Å². The average Bonchev–Trinajstić information content (AvgIpc) is 3.99. The zero-order valence-electron chi connectivity index (χ0n) is 35.7. The van der Waals surface area contributed by atoms with Gasteiger partial charge in [-0.2, -0.15) is 0 Å². The summed E-state index contributed by atoms with van der Waals surface area (Å²) < 4.78 is 62.7. The first kappa shape index (κ1) is 26.1. The van der Waals surface area contributed by atoms with Gasteiger partial charge in [-0.25, -0.2) is 19.9 Å². The maximum absolute atomic E-state index is 9.26. The molecule has 0 fully saturated rings. The maximum Gasteiger partial charge on any atom is 0.164 e. The first-order chi connectivity index (χ1) is 29.5. The van der Waals surface area contributed by atoms with E-state index in [4.69, 9.17) is 24.9 Å². The molecule has 3 heterocycles. The lowest BCUT2D eigenvalue weighted by Gasteiger charge is -2.22. The number of nitrogens with zero attached hydrogens (tertiary/aromatic N) is 4. The van der Waals surface area contributed by atoms with Crippen LogP contribution in [-0.4, -0.2) is 19.9 Å². The van der Waals surface area contributed by atoms with E-state index in [0.717, 1.165) is 38.0 Å². The van der Waals surface area contributed by atoms with E-state index < -0.39 is 0 Å². The molecular weight excluding hydrogens is 693 g/mol. The summed E-state index contributed by atoms with van der Waals surface area (Å²) in [6.45, 7) is 4.35. The van der Waals surface area contributed by atoms with Crippen LogP contribution in [-0.2, 0) is 5.41 Å². The van der Waals surface area contributed by atoms with E-state index >= 15 is 0 Å². The van der Waals surface area contributed by atoms with Crippen molar-refractivity contribution < 1.29 is 12.6 Å². The van der Waals surface area contributed by atoms with Crippen LogP contribution in [0.3, 0.4) is 0 Å². The molecule has 11 rings (SSSR count). The Labute approximate surface area is 330 Å². The van der Waals surface area contributed by atoms with Gasteiger partial charge in [0.05, 0.1) is 24.0 Å². The topological polar surface area (TPSA) is 64.7 Å². The number of para-hydroxylation sites is 2. The molecule has 0 saturated carbocycles. The fourth-order valence-corrected chi connectivity index (χ4v) is 8.75. The number of aromatic nitrogens is 4. The highest BCUT2D eigenvalue weighted by Gasteiger charge is 2.37. The molecule has 0 amide bonds. The Morgan fingerprint density at radius 2 is 1.13 bits per heavy atom. The molecular formula is C49H32N4OS. The van der Waals surface area contributed by atoms with Gasteiger partial charge in [-0.15, -0.1) is 11.3 Å². The van der Waals surface area contributed by atoms with E-state index in [1.165, 1.54) is 5.56 Å². The van der Waals surface area contributed by atoms with Gasteiger partial charge in [0.15, 0.2) is 17.5 Å². The predicted octanol–water partition coefficient (Wildman–Crippen LogP) is 13.0. The first-order valence-corrected chi connectivity index (χ1v) is 18.8. The van der Waals surface area contributed by atoms with Gasteiger partial charge in [-0.05, 0) is 46.0 Å². The summed E-state index contributed by atoms with van der Waals surface area (Å²) in [5.41, 5.74) is 11.1. The van der Waals surface area contributed by atoms with Gasteiger partial charge in [-0.1, -0.05) is 147 Å². The molecule has 1 aliphatic rings. The fourth-order valence-electron chi connectivity index (χ4n) is 7.90. The minimum Gasteiger partial charge on any atom is -0.455 e. The van der Waals surface area contributed by atoms with Crippen molar-refractivity contribution in [3.05, 3.63) is 168 Å². The molecule has 0 aliphatic heterocycles. The average molecular weight is 731 g/mol. The Bertz CT molecular complexity index is 3420. The van der Waals surface area contributed by atoms with Crippen LogP contribution in [0.1, 0.15) is 33.2 Å². The summed E-state index contributed by atoms with van der Waals surface area (Å²) in [5.74, 6) is 1.38. The Morgan fingerprint density at radius 3 is 1.78 bits per heavy atom. The third-order valence-corrected chi connectivity index (χ3v) is 11.5. The van der Waals surface area contributed by atoms with Crippen LogP contribution in [0.15, 0.2) is 161 Å². The van der Waals surface area contributed by atoms with E-state index in [1.807, 2.05) is 103 Å². The van der Waals surface area contributed by atoms with Crippen molar-refractivity contribution in [1.82, 2.24) is 19.9 Å². The summed E-state index contributed by atoms with van der Waals surface area (Å²) in [4.78, 5) is 19.2. The number of hydrogen-bond acceptors (Lipinski definition) is 6. The normalized spacial score (nSPS) is 14.6. The fraction of sp³-hybridized carbons (Fsp3) is 0.0612. The minimum atomic E-state index is -0.387. The van der Waals surface area contributed by atoms with Crippen LogP contribution in [0.4, 0.5) is 0 Å². The third-order valence-electron chi connectivity index (χ3n) is 10.6. The molecule has 0 N–H and O–H groups in total. The van der Waals surface area contributed by atoms with E-state index in [0.29, 0.717) is 39.7 Å². The Balaban J connectivity index is 1.12. The number of thiazole rings is 1. The second-order valence-corrected chi connectivity index (χ2v) is 15.1. The van der Waals surface area contributed by atoms with Gasteiger partial charge in [0.2, 0.25) is 0 Å². The Morgan fingerprint density at radius 1 is 0.545 bits per heavy atom. The van der Waals surface area contributed by atoms with Crippen LogP contribution in [0.25, 0.3) is 99.7 Å². The second-order valence-electron chi connectivity index (χ2n) is 14.2. The number of benzene rings is 7. The van der Waals surface area contributed by atoms with Crippen molar-refractivity contribution in [3.8, 4) is 67.5 Å². The summed E-state index contributed by atoms with van der Waals surface area (Å²) in [6, 6.07) is 35.2. The van der Waals surface area contributed by atoms with Gasteiger partial charge in [0.1, 0.15) is 11.2 Å². The zero-order chi connectivity index (χ0) is 41.9. The molecule has 5 nitrogen and oxygen atoms in total. The molecule has 55 heavy (non-hydrogen) atoms. The van der Waals surface area contributed by atoms with E-state index in [1.54, 1.807) is 17.4 Å². The number of hydrogen-bond donors (Lipinski definition) is 0. The molecule has 260 valence electrons. The van der Waals surface area contributed by atoms with E-state index in [-0.39, 0.29) is 69.2 Å². The number of fused-ring (bicyclic) bond motifs is 8. The van der Waals surface area contributed by atoms with Gasteiger partial charge in [-0.3, -0.25) is 0 Å². The van der Waals surface area contributed by atoms with Crippen LogP contribution < -0.4 is 0 Å². The quantitative estimate of drug-likeness (QED) is 0.176. The van der Waals surface area contributed by atoms with Crippen LogP contribution in [0.5, 0.6) is 0 Å². The van der Waals surface area contributed by atoms with Crippen LogP contribution in [0.2, 0.25) is 0 Å². The second kappa shape index (κ2) is 12.1. The lowest BCUT2D eigenvalue weighted by Crippen LogP contribution is -2.14. The molecule has 1 aliphatic carbocycles. The highest BCUT2D eigenvalue weighted by atomic mass is 32.1. The highest BCUT2D eigenvalue weighted by molar-refractivity contribution is 7.17. The molecule has 7 aromatic carbocycles. The number of rotatable bonds is 5. The van der Waals surface area contributed by atoms with Crippen molar-refractivity contribution in [1.29, 1.82) is 0 Å². The lowest BCUT2D eigenvalue weighted by atomic mass is 9.81. The molecule has 6 heteroatoms. The minimum absolute atomic E-state index is 0.130. The molecule has 0 radical (unpaired) electrons. The van der Waals surface area contributed by atoms with E-state index in [9.17, 15) is 2.74 Å². The van der Waals surface area contributed by atoms with Crippen LogP contribution in [0, 0.1) is 0 Å². The Hall–Kier alpha value is -6.76. The summed E-state index contributed by atoms with van der Waals surface area (Å²) in [5, 5.41) is 0.310. The zero-order valence-corrected chi connectivity index (χ0v) is 30.5.